The maximum absolute atomic E-state index is 11.9. The molecule has 1 aliphatic heterocycles. The summed E-state index contributed by atoms with van der Waals surface area (Å²) in [4.78, 5) is 14.2. The van der Waals surface area contributed by atoms with Crippen LogP contribution in [0.2, 0.25) is 0 Å². The van der Waals surface area contributed by atoms with Crippen LogP contribution in [0.15, 0.2) is 0 Å². The quantitative estimate of drug-likeness (QED) is 0.685. The predicted octanol–water partition coefficient (Wildman–Crippen LogP) is 2.11. The predicted molar refractivity (Wildman–Crippen MR) is 89.3 cm³/mol. The zero-order valence-corrected chi connectivity index (χ0v) is 14.5. The molecule has 0 aromatic heterocycles. The van der Waals surface area contributed by atoms with Crippen LogP contribution in [0.5, 0.6) is 0 Å². The molecule has 124 valence electrons. The maximum atomic E-state index is 11.9. The molecule has 21 heavy (non-hydrogen) atoms. The zero-order valence-electron chi connectivity index (χ0n) is 14.5. The fourth-order valence-electron chi connectivity index (χ4n) is 2.80. The van der Waals surface area contributed by atoms with E-state index < -0.39 is 0 Å². The van der Waals surface area contributed by atoms with E-state index in [1.165, 1.54) is 12.8 Å². The second kappa shape index (κ2) is 10.2. The van der Waals surface area contributed by atoms with Crippen LogP contribution in [-0.4, -0.2) is 50.1 Å². The average molecular weight is 297 g/mol. The fraction of sp³-hybridized carbons (Fsp3) is 0.941. The minimum atomic E-state index is 0.187. The molecule has 1 unspecified atom stereocenters. The van der Waals surface area contributed by atoms with E-state index >= 15 is 0 Å². The lowest BCUT2D eigenvalue weighted by Gasteiger charge is -2.32. The van der Waals surface area contributed by atoms with E-state index in [1.807, 2.05) is 0 Å². The third-order valence-electron chi connectivity index (χ3n) is 4.00. The second-order valence-corrected chi connectivity index (χ2v) is 7.33. The van der Waals surface area contributed by atoms with Gasteiger partial charge in [-0.15, -0.1) is 0 Å². The normalized spacial score (nSPS) is 20.2. The van der Waals surface area contributed by atoms with Gasteiger partial charge in [0.15, 0.2) is 0 Å². The molecule has 0 spiro atoms. The highest BCUT2D eigenvalue weighted by atomic mass is 16.2. The molecule has 1 aliphatic rings. The van der Waals surface area contributed by atoms with Gasteiger partial charge in [0.1, 0.15) is 0 Å². The van der Waals surface area contributed by atoms with Crippen molar-refractivity contribution in [1.29, 1.82) is 0 Å². The number of nitrogens with one attached hydrogen (secondary N) is 2. The van der Waals surface area contributed by atoms with Crippen molar-refractivity contribution in [2.24, 2.45) is 17.8 Å². The van der Waals surface area contributed by atoms with E-state index in [0.717, 1.165) is 39.1 Å². The summed E-state index contributed by atoms with van der Waals surface area (Å²) >= 11 is 0. The smallest absolute Gasteiger partial charge is 0.234 e. The van der Waals surface area contributed by atoms with Crippen LogP contribution >= 0.6 is 0 Å². The summed E-state index contributed by atoms with van der Waals surface area (Å²) < 4.78 is 0. The Morgan fingerprint density at radius 3 is 2.67 bits per heavy atom. The third-order valence-corrected chi connectivity index (χ3v) is 4.00. The van der Waals surface area contributed by atoms with Crippen molar-refractivity contribution < 1.29 is 4.79 Å². The molecule has 1 rings (SSSR count). The Bertz CT molecular complexity index is 292. The van der Waals surface area contributed by atoms with Gasteiger partial charge in [0.2, 0.25) is 5.91 Å². The third kappa shape index (κ3) is 9.10. The number of nitrogens with zero attached hydrogens (tertiary/aromatic N) is 1. The number of carbonyl (C=O) groups is 1. The second-order valence-electron chi connectivity index (χ2n) is 7.33. The van der Waals surface area contributed by atoms with Crippen molar-refractivity contribution in [3.63, 3.8) is 0 Å². The van der Waals surface area contributed by atoms with Crippen molar-refractivity contribution in [1.82, 2.24) is 15.5 Å². The number of hydrogen-bond donors (Lipinski definition) is 2. The fourth-order valence-corrected chi connectivity index (χ4v) is 2.80. The number of hydrogen-bond acceptors (Lipinski definition) is 3. The maximum Gasteiger partial charge on any atom is 0.234 e. The zero-order chi connectivity index (χ0) is 15.7. The largest absolute Gasteiger partial charge is 0.355 e. The Morgan fingerprint density at radius 2 is 2.00 bits per heavy atom. The summed E-state index contributed by atoms with van der Waals surface area (Å²) in [5.74, 6) is 2.24. The first-order valence-corrected chi connectivity index (χ1v) is 8.67. The highest BCUT2D eigenvalue weighted by molar-refractivity contribution is 5.77. The van der Waals surface area contributed by atoms with Crippen LogP contribution in [0, 0.1) is 17.8 Å². The van der Waals surface area contributed by atoms with Gasteiger partial charge in [-0.05, 0) is 56.7 Å². The molecule has 1 heterocycles. The molecular formula is C17H35N3O. The van der Waals surface area contributed by atoms with Crippen molar-refractivity contribution in [3.8, 4) is 0 Å². The summed E-state index contributed by atoms with van der Waals surface area (Å²) in [5, 5.41) is 6.59. The van der Waals surface area contributed by atoms with E-state index in [-0.39, 0.29) is 5.91 Å². The van der Waals surface area contributed by atoms with Gasteiger partial charge in [0, 0.05) is 13.1 Å². The van der Waals surface area contributed by atoms with Crippen molar-refractivity contribution >= 4 is 5.91 Å². The lowest BCUT2D eigenvalue weighted by atomic mass is 9.98. The molecule has 0 bridgehead atoms. The van der Waals surface area contributed by atoms with Crippen LogP contribution in [0.4, 0.5) is 0 Å². The number of piperidine rings is 1. The molecule has 0 aliphatic carbocycles. The van der Waals surface area contributed by atoms with Gasteiger partial charge in [0.25, 0.3) is 0 Å². The number of amides is 1. The SMILES string of the molecule is CC(C)CCNC(=O)CN1CCCC(CNCC(C)C)C1. The van der Waals surface area contributed by atoms with Gasteiger partial charge in [-0.25, -0.2) is 0 Å². The monoisotopic (exact) mass is 297 g/mol. The Hall–Kier alpha value is -0.610. The van der Waals surface area contributed by atoms with Crippen LogP contribution in [0.25, 0.3) is 0 Å². The average Bonchev–Trinajstić information content (AvgIpc) is 2.38. The van der Waals surface area contributed by atoms with Crippen LogP contribution in [0.1, 0.15) is 47.0 Å². The Morgan fingerprint density at radius 1 is 1.24 bits per heavy atom. The van der Waals surface area contributed by atoms with E-state index in [4.69, 9.17) is 0 Å². The number of rotatable bonds is 9. The summed E-state index contributed by atoms with van der Waals surface area (Å²) in [6.45, 7) is 14.5. The van der Waals surface area contributed by atoms with Crippen molar-refractivity contribution in [3.05, 3.63) is 0 Å². The molecule has 4 heteroatoms. The minimum Gasteiger partial charge on any atom is -0.355 e. The van der Waals surface area contributed by atoms with Gasteiger partial charge in [-0.1, -0.05) is 27.7 Å². The van der Waals surface area contributed by atoms with Crippen LogP contribution in [-0.2, 0) is 4.79 Å². The first-order chi connectivity index (χ1) is 9.97. The van der Waals surface area contributed by atoms with Gasteiger partial charge in [-0.2, -0.15) is 0 Å². The summed E-state index contributed by atoms with van der Waals surface area (Å²) in [5.41, 5.74) is 0. The number of carbonyl (C=O) groups excluding carboxylic acids is 1. The molecular weight excluding hydrogens is 262 g/mol. The molecule has 1 saturated heterocycles. The molecule has 1 fully saturated rings. The number of likely N-dealkylation sites (tertiary alicyclic amines) is 1. The van der Waals surface area contributed by atoms with E-state index in [0.29, 0.717) is 24.3 Å². The summed E-state index contributed by atoms with van der Waals surface area (Å²) in [6, 6.07) is 0. The highest BCUT2D eigenvalue weighted by Crippen LogP contribution is 2.15. The van der Waals surface area contributed by atoms with Crippen LogP contribution < -0.4 is 10.6 Å². The first kappa shape index (κ1) is 18.4. The molecule has 1 atom stereocenters. The van der Waals surface area contributed by atoms with Crippen molar-refractivity contribution in [2.75, 3.05) is 39.3 Å². The van der Waals surface area contributed by atoms with Crippen molar-refractivity contribution in [2.45, 2.75) is 47.0 Å². The van der Waals surface area contributed by atoms with Gasteiger partial charge < -0.3 is 10.6 Å². The summed E-state index contributed by atoms with van der Waals surface area (Å²) in [7, 11) is 0. The molecule has 2 N–H and O–H groups in total. The molecule has 1 amide bonds. The standard InChI is InChI=1S/C17H35N3O/c1-14(2)7-8-19-17(21)13-20-9-5-6-16(12-20)11-18-10-15(3)4/h14-16,18H,5-13H2,1-4H3,(H,19,21). The first-order valence-electron chi connectivity index (χ1n) is 8.67. The Balaban J connectivity index is 2.18. The molecule has 0 saturated carbocycles. The molecule has 4 nitrogen and oxygen atoms in total. The van der Waals surface area contributed by atoms with E-state index in [9.17, 15) is 4.79 Å². The molecule has 0 aromatic carbocycles. The van der Waals surface area contributed by atoms with Gasteiger partial charge >= 0.3 is 0 Å². The molecule has 0 aromatic rings. The van der Waals surface area contributed by atoms with Crippen LogP contribution in [0.3, 0.4) is 0 Å². The lowest BCUT2D eigenvalue weighted by Crippen LogP contribution is -2.45. The van der Waals surface area contributed by atoms with E-state index in [2.05, 4.69) is 43.2 Å². The Kier molecular flexibility index (Phi) is 8.93. The topological polar surface area (TPSA) is 44.4 Å². The summed E-state index contributed by atoms with van der Waals surface area (Å²) in [6.07, 6.45) is 3.57. The highest BCUT2D eigenvalue weighted by Gasteiger charge is 2.21. The van der Waals surface area contributed by atoms with Gasteiger partial charge in [0.05, 0.1) is 6.54 Å². The van der Waals surface area contributed by atoms with Gasteiger partial charge in [-0.3, -0.25) is 9.69 Å². The Labute approximate surface area is 131 Å². The molecule has 0 radical (unpaired) electrons. The lowest BCUT2D eigenvalue weighted by molar-refractivity contribution is -0.122. The van der Waals surface area contributed by atoms with E-state index in [1.54, 1.807) is 0 Å². The minimum absolute atomic E-state index is 0.187.